The van der Waals surface area contributed by atoms with Gasteiger partial charge in [0.25, 0.3) is 0 Å². The standard InChI is InChI=1S/C16H23N5O.3C2HF3O2/c1-2-6-19(5-1)9-10-20-7-3-16-14(11-20)15(18-22-16)12-21-8-4-17-13-21;3*3-2(4,5)1(6)7/h4,8,13H,1-3,5-7,9-12H2;3*(H,6,7). The highest BCUT2D eigenvalue weighted by Crippen LogP contribution is 2.23. The molecule has 4 heterocycles. The molecule has 0 saturated carbocycles. The van der Waals surface area contributed by atoms with E-state index in [0.29, 0.717) is 0 Å². The minimum atomic E-state index is -5.08. The number of fused-ring (bicyclic) bond motifs is 1. The van der Waals surface area contributed by atoms with Gasteiger partial charge in [-0.3, -0.25) is 4.90 Å². The number of nitrogens with zero attached hydrogens (tertiary/aromatic N) is 5. The SMILES string of the molecule is O=C(O)C(F)(F)F.O=C(O)C(F)(F)F.O=C(O)C(F)(F)F.c1cn(Cc2noc3c2CN(CCN2CCCC2)CC3)cn1. The molecular formula is C22H26F9N5O7. The van der Waals surface area contributed by atoms with E-state index >= 15 is 0 Å². The quantitative estimate of drug-likeness (QED) is 0.410. The van der Waals surface area contributed by atoms with Crippen LogP contribution in [0.25, 0.3) is 0 Å². The van der Waals surface area contributed by atoms with Crippen LogP contribution in [0.15, 0.2) is 23.2 Å². The highest BCUT2D eigenvalue weighted by Gasteiger charge is 2.39. The van der Waals surface area contributed by atoms with Gasteiger partial charge in [-0.1, -0.05) is 5.16 Å². The molecule has 2 aromatic rings. The minimum Gasteiger partial charge on any atom is -0.475 e. The lowest BCUT2D eigenvalue weighted by atomic mass is 10.1. The summed E-state index contributed by atoms with van der Waals surface area (Å²) in [5, 5.41) is 25.7. The number of hydrogen-bond acceptors (Lipinski definition) is 8. The number of rotatable bonds is 5. The zero-order valence-corrected chi connectivity index (χ0v) is 21.9. The maximum atomic E-state index is 10.6. The predicted molar refractivity (Wildman–Crippen MR) is 124 cm³/mol. The van der Waals surface area contributed by atoms with E-state index in [1.165, 1.54) is 38.0 Å². The molecule has 1 fully saturated rings. The molecule has 0 aliphatic carbocycles. The molecule has 4 rings (SSSR count). The van der Waals surface area contributed by atoms with Crippen LogP contribution >= 0.6 is 0 Å². The van der Waals surface area contributed by atoms with Crippen molar-refractivity contribution < 1.29 is 73.7 Å². The zero-order valence-electron chi connectivity index (χ0n) is 21.9. The summed E-state index contributed by atoms with van der Waals surface area (Å²) >= 11 is 0. The maximum absolute atomic E-state index is 10.6. The highest BCUT2D eigenvalue weighted by atomic mass is 19.4. The Labute approximate surface area is 236 Å². The van der Waals surface area contributed by atoms with Crippen molar-refractivity contribution in [2.24, 2.45) is 0 Å². The first kappa shape index (κ1) is 37.1. The summed E-state index contributed by atoms with van der Waals surface area (Å²) in [6.07, 6.45) is -5.94. The fourth-order valence-corrected chi connectivity index (χ4v) is 3.48. The van der Waals surface area contributed by atoms with Crippen LogP contribution in [0, 0.1) is 0 Å². The lowest BCUT2D eigenvalue weighted by molar-refractivity contribution is -0.193. The molecule has 21 heteroatoms. The average Bonchev–Trinajstić information content (AvgIpc) is 3.66. The Bertz CT molecular complexity index is 1100. The van der Waals surface area contributed by atoms with Crippen LogP contribution in [0.2, 0.25) is 0 Å². The first-order valence-corrected chi connectivity index (χ1v) is 12.0. The van der Waals surface area contributed by atoms with E-state index in [2.05, 4.69) is 19.9 Å². The zero-order chi connectivity index (χ0) is 33.0. The third-order valence-corrected chi connectivity index (χ3v) is 5.54. The van der Waals surface area contributed by atoms with Crippen LogP contribution < -0.4 is 0 Å². The lowest BCUT2D eigenvalue weighted by Gasteiger charge is -2.28. The van der Waals surface area contributed by atoms with Crippen molar-refractivity contribution in [3.63, 3.8) is 0 Å². The largest absolute Gasteiger partial charge is 0.490 e. The Hall–Kier alpha value is -3.88. The summed E-state index contributed by atoms with van der Waals surface area (Å²) in [6.45, 7) is 7.69. The van der Waals surface area contributed by atoms with E-state index in [1.54, 1.807) is 6.20 Å². The van der Waals surface area contributed by atoms with Gasteiger partial charge in [0, 0.05) is 50.6 Å². The van der Waals surface area contributed by atoms with Gasteiger partial charge in [-0.15, -0.1) is 0 Å². The van der Waals surface area contributed by atoms with Gasteiger partial charge in [0.1, 0.15) is 11.5 Å². The molecule has 12 nitrogen and oxygen atoms in total. The number of hydrogen-bond donors (Lipinski definition) is 3. The number of imidazole rings is 1. The number of alkyl halides is 9. The summed E-state index contributed by atoms with van der Waals surface area (Å²) in [5.74, 6) is -7.19. The van der Waals surface area contributed by atoms with E-state index < -0.39 is 36.4 Å². The molecule has 43 heavy (non-hydrogen) atoms. The number of likely N-dealkylation sites (tertiary alicyclic amines) is 1. The Morgan fingerprint density at radius 1 is 0.791 bits per heavy atom. The molecule has 0 radical (unpaired) electrons. The second-order valence-corrected chi connectivity index (χ2v) is 8.75. The number of carboxylic acids is 3. The maximum Gasteiger partial charge on any atom is 0.490 e. The number of aromatic nitrogens is 3. The molecule has 2 aliphatic heterocycles. The van der Waals surface area contributed by atoms with Gasteiger partial charge in [-0.25, -0.2) is 19.4 Å². The summed E-state index contributed by atoms with van der Waals surface area (Å²) in [6, 6.07) is 0. The van der Waals surface area contributed by atoms with Crippen molar-refractivity contribution >= 4 is 17.9 Å². The smallest absolute Gasteiger partial charge is 0.475 e. The van der Waals surface area contributed by atoms with Crippen molar-refractivity contribution in [3.05, 3.63) is 35.7 Å². The fourth-order valence-electron chi connectivity index (χ4n) is 3.48. The van der Waals surface area contributed by atoms with E-state index in [9.17, 15) is 39.5 Å². The molecule has 1 saturated heterocycles. The molecule has 244 valence electrons. The normalized spacial score (nSPS) is 15.6. The minimum absolute atomic E-state index is 0.749. The molecular weight excluding hydrogens is 617 g/mol. The van der Waals surface area contributed by atoms with Crippen LogP contribution in [0.5, 0.6) is 0 Å². The van der Waals surface area contributed by atoms with Crippen LogP contribution in [0.4, 0.5) is 39.5 Å². The van der Waals surface area contributed by atoms with Crippen molar-refractivity contribution in [3.8, 4) is 0 Å². The second kappa shape index (κ2) is 16.1. The Balaban J connectivity index is 0.000000363. The first-order chi connectivity index (χ1) is 19.7. The lowest BCUT2D eigenvalue weighted by Crippen LogP contribution is -2.37. The van der Waals surface area contributed by atoms with Gasteiger partial charge >= 0.3 is 36.4 Å². The van der Waals surface area contributed by atoms with E-state index in [4.69, 9.17) is 34.2 Å². The third kappa shape index (κ3) is 14.2. The summed E-state index contributed by atoms with van der Waals surface area (Å²) < 4.78 is 103. The van der Waals surface area contributed by atoms with Crippen LogP contribution in [-0.2, 0) is 33.9 Å². The van der Waals surface area contributed by atoms with Crippen molar-refractivity contribution in [2.45, 2.75) is 50.9 Å². The fraction of sp³-hybridized carbons (Fsp3) is 0.591. The highest BCUT2D eigenvalue weighted by molar-refractivity contribution is 5.73. The predicted octanol–water partition coefficient (Wildman–Crippen LogP) is 3.27. The molecule has 2 aromatic heterocycles. The molecule has 0 atom stereocenters. The van der Waals surface area contributed by atoms with Crippen LogP contribution in [0.3, 0.4) is 0 Å². The van der Waals surface area contributed by atoms with Gasteiger partial charge in [-0.05, 0) is 25.9 Å². The van der Waals surface area contributed by atoms with Crippen LogP contribution in [0.1, 0.15) is 29.9 Å². The third-order valence-electron chi connectivity index (χ3n) is 5.54. The average molecular weight is 643 g/mol. The van der Waals surface area contributed by atoms with E-state index in [-0.39, 0.29) is 0 Å². The van der Waals surface area contributed by atoms with Gasteiger partial charge < -0.3 is 29.3 Å². The monoisotopic (exact) mass is 643 g/mol. The van der Waals surface area contributed by atoms with E-state index in [0.717, 1.165) is 44.1 Å². The molecule has 2 aliphatic rings. The Kier molecular flexibility index (Phi) is 13.9. The van der Waals surface area contributed by atoms with Crippen molar-refractivity contribution in [2.75, 3.05) is 32.7 Å². The molecule has 3 N–H and O–H groups in total. The summed E-state index contributed by atoms with van der Waals surface area (Å²) in [4.78, 5) is 35.9. The van der Waals surface area contributed by atoms with Crippen molar-refractivity contribution in [1.82, 2.24) is 24.5 Å². The van der Waals surface area contributed by atoms with Gasteiger partial charge in [0.05, 0.1) is 12.9 Å². The first-order valence-electron chi connectivity index (χ1n) is 12.0. The molecule has 0 spiro atoms. The molecule has 0 bridgehead atoms. The topological polar surface area (TPSA) is 162 Å². The van der Waals surface area contributed by atoms with Gasteiger partial charge in [-0.2, -0.15) is 39.5 Å². The second-order valence-electron chi connectivity index (χ2n) is 8.75. The number of carbonyl (C=O) groups is 3. The van der Waals surface area contributed by atoms with E-state index in [1.807, 2.05) is 17.1 Å². The number of halogens is 9. The van der Waals surface area contributed by atoms with Crippen LogP contribution in [-0.4, -0.2) is 109 Å². The summed E-state index contributed by atoms with van der Waals surface area (Å²) in [5.41, 5.74) is 2.35. The van der Waals surface area contributed by atoms with Gasteiger partial charge in [0.2, 0.25) is 0 Å². The molecule has 0 amide bonds. The Morgan fingerprint density at radius 3 is 1.67 bits per heavy atom. The molecule has 0 unspecified atom stereocenters. The Morgan fingerprint density at radius 2 is 1.26 bits per heavy atom. The summed E-state index contributed by atoms with van der Waals surface area (Å²) in [7, 11) is 0. The van der Waals surface area contributed by atoms with Gasteiger partial charge in [0.15, 0.2) is 0 Å². The van der Waals surface area contributed by atoms with Crippen molar-refractivity contribution in [1.29, 1.82) is 0 Å². The number of aliphatic carboxylic acids is 3. The molecule has 0 aromatic carbocycles. The number of carboxylic acid groups (broad SMARTS) is 3.